The van der Waals surface area contributed by atoms with E-state index in [9.17, 15) is 13.2 Å². The number of hydrogen-bond acceptors (Lipinski definition) is 3. The highest BCUT2D eigenvalue weighted by Gasteiger charge is 2.34. The van der Waals surface area contributed by atoms with Crippen LogP contribution in [0.25, 0.3) is 5.65 Å². The number of methoxy groups -OCH3 is 1. The van der Waals surface area contributed by atoms with Crippen LogP contribution >= 0.6 is 0 Å². The number of hydrogen-bond donors (Lipinski definition) is 0. The summed E-state index contributed by atoms with van der Waals surface area (Å²) < 4.78 is 45.0. The molecule has 7 heteroatoms. The van der Waals surface area contributed by atoms with Gasteiger partial charge in [0.15, 0.2) is 11.3 Å². The molecule has 1 aromatic carbocycles. The van der Waals surface area contributed by atoms with Crippen molar-refractivity contribution in [2.75, 3.05) is 7.11 Å². The molecular formula is C16H10F3N3O. The topological polar surface area (TPSA) is 39.4 Å². The summed E-state index contributed by atoms with van der Waals surface area (Å²) in [6, 6.07) is 9.16. The molecule has 3 aromatic rings. The normalized spacial score (nSPS) is 11.1. The lowest BCUT2D eigenvalue weighted by atomic mass is 10.2. The molecule has 0 aliphatic carbocycles. The fourth-order valence-corrected chi connectivity index (χ4v) is 1.99. The van der Waals surface area contributed by atoms with Gasteiger partial charge >= 0.3 is 6.18 Å². The first kappa shape index (κ1) is 14.9. The molecule has 0 aliphatic rings. The highest BCUT2D eigenvalue weighted by atomic mass is 19.4. The van der Waals surface area contributed by atoms with Crippen molar-refractivity contribution >= 4 is 5.65 Å². The lowest BCUT2D eigenvalue weighted by molar-refractivity contribution is -0.142. The van der Waals surface area contributed by atoms with Crippen LogP contribution in [-0.2, 0) is 6.18 Å². The van der Waals surface area contributed by atoms with Crippen molar-refractivity contribution in [3.8, 4) is 17.6 Å². The maximum atomic E-state index is 13.1. The third-order valence-electron chi connectivity index (χ3n) is 3.07. The van der Waals surface area contributed by atoms with E-state index in [1.54, 1.807) is 31.4 Å². The second kappa shape index (κ2) is 5.65. The maximum absolute atomic E-state index is 13.1. The predicted octanol–water partition coefficient (Wildman–Crippen LogP) is 3.16. The minimum Gasteiger partial charge on any atom is -0.497 e. The summed E-state index contributed by atoms with van der Waals surface area (Å²) in [4.78, 5) is 4.06. The van der Waals surface area contributed by atoms with Gasteiger partial charge in [-0.05, 0) is 30.2 Å². The van der Waals surface area contributed by atoms with Crippen LogP contribution in [0.1, 0.15) is 17.0 Å². The van der Waals surface area contributed by atoms with Crippen molar-refractivity contribution in [1.82, 2.24) is 14.6 Å². The number of benzene rings is 1. The molecule has 0 bridgehead atoms. The largest absolute Gasteiger partial charge is 0.497 e. The molecule has 2 aromatic heterocycles. The zero-order valence-electron chi connectivity index (χ0n) is 11.9. The first-order valence-electron chi connectivity index (χ1n) is 6.55. The first-order valence-corrected chi connectivity index (χ1v) is 6.55. The SMILES string of the molecule is COc1ccc(C#Cc2cc(C(F)(F)F)n3nccc3n2)cc1. The van der Waals surface area contributed by atoms with E-state index in [4.69, 9.17) is 4.74 Å². The fourth-order valence-electron chi connectivity index (χ4n) is 1.99. The number of fused-ring (bicyclic) bond motifs is 1. The monoisotopic (exact) mass is 317 g/mol. The molecular weight excluding hydrogens is 307 g/mol. The Morgan fingerprint density at radius 2 is 1.83 bits per heavy atom. The molecule has 116 valence electrons. The lowest BCUT2D eigenvalue weighted by Crippen LogP contribution is -2.13. The minimum absolute atomic E-state index is 0.0288. The minimum atomic E-state index is -4.54. The standard InChI is InChI=1S/C16H10F3N3O/c1-23-13-6-3-11(4-7-13)2-5-12-10-14(16(17,18)19)22-15(21-12)8-9-20-22/h3-4,6-10H,1H3. The van der Waals surface area contributed by atoms with E-state index in [1.165, 1.54) is 12.3 Å². The third kappa shape index (κ3) is 3.11. The molecule has 0 atom stereocenters. The molecule has 0 radical (unpaired) electrons. The molecule has 0 saturated heterocycles. The van der Waals surface area contributed by atoms with Crippen molar-refractivity contribution in [2.24, 2.45) is 0 Å². The van der Waals surface area contributed by atoms with Gasteiger partial charge in [-0.1, -0.05) is 5.92 Å². The van der Waals surface area contributed by atoms with Gasteiger partial charge in [0.25, 0.3) is 0 Å². The zero-order chi connectivity index (χ0) is 16.4. The van der Waals surface area contributed by atoms with Crippen LogP contribution in [0.3, 0.4) is 0 Å². The highest BCUT2D eigenvalue weighted by molar-refractivity contribution is 5.47. The predicted molar refractivity (Wildman–Crippen MR) is 77.0 cm³/mol. The Kier molecular flexibility index (Phi) is 3.66. The summed E-state index contributed by atoms with van der Waals surface area (Å²) in [5.74, 6) is 6.11. The Bertz CT molecular complexity index is 902. The van der Waals surface area contributed by atoms with Gasteiger partial charge in [-0.25, -0.2) is 9.50 Å². The molecule has 2 heterocycles. The van der Waals surface area contributed by atoms with E-state index in [-0.39, 0.29) is 11.3 Å². The van der Waals surface area contributed by atoms with Gasteiger partial charge in [0.05, 0.1) is 13.3 Å². The average Bonchev–Trinajstić information content (AvgIpc) is 3.00. The van der Waals surface area contributed by atoms with E-state index in [1.807, 2.05) is 0 Å². The number of halogens is 3. The second-order valence-electron chi connectivity index (χ2n) is 4.60. The molecule has 0 fully saturated rings. The van der Waals surface area contributed by atoms with Gasteiger partial charge in [0.2, 0.25) is 0 Å². The quantitative estimate of drug-likeness (QED) is 0.647. The maximum Gasteiger partial charge on any atom is 0.433 e. The van der Waals surface area contributed by atoms with Crippen LogP contribution in [0.15, 0.2) is 42.6 Å². The Morgan fingerprint density at radius 1 is 1.09 bits per heavy atom. The van der Waals surface area contributed by atoms with Gasteiger partial charge in [-0.3, -0.25) is 0 Å². The average molecular weight is 317 g/mol. The molecule has 0 saturated carbocycles. The van der Waals surface area contributed by atoms with Crippen molar-refractivity contribution in [1.29, 1.82) is 0 Å². The van der Waals surface area contributed by atoms with E-state index >= 15 is 0 Å². The van der Waals surface area contributed by atoms with E-state index in [2.05, 4.69) is 21.9 Å². The second-order valence-corrected chi connectivity index (χ2v) is 4.60. The number of rotatable bonds is 1. The molecule has 0 N–H and O–H groups in total. The van der Waals surface area contributed by atoms with Crippen LogP contribution in [-0.4, -0.2) is 21.7 Å². The molecule has 0 amide bonds. The van der Waals surface area contributed by atoms with Crippen molar-refractivity contribution in [3.63, 3.8) is 0 Å². The zero-order valence-corrected chi connectivity index (χ0v) is 11.9. The summed E-state index contributed by atoms with van der Waals surface area (Å²) >= 11 is 0. The third-order valence-corrected chi connectivity index (χ3v) is 3.07. The van der Waals surface area contributed by atoms with Crippen LogP contribution in [0.2, 0.25) is 0 Å². The summed E-state index contributed by atoms with van der Waals surface area (Å²) in [7, 11) is 1.55. The summed E-state index contributed by atoms with van der Waals surface area (Å²) in [6.45, 7) is 0. The Hall–Kier alpha value is -3.01. The molecule has 23 heavy (non-hydrogen) atoms. The van der Waals surface area contributed by atoms with Gasteiger partial charge in [0.1, 0.15) is 11.4 Å². The summed E-state index contributed by atoms with van der Waals surface area (Å²) in [6.07, 6.45) is -3.28. The van der Waals surface area contributed by atoms with Gasteiger partial charge in [-0.15, -0.1) is 0 Å². The van der Waals surface area contributed by atoms with Crippen molar-refractivity contribution in [2.45, 2.75) is 6.18 Å². The Balaban J connectivity index is 2.02. The summed E-state index contributed by atoms with van der Waals surface area (Å²) in [5, 5.41) is 3.64. The molecule has 0 aliphatic heterocycles. The first-order chi connectivity index (χ1) is 11.0. The van der Waals surface area contributed by atoms with E-state index in [0.29, 0.717) is 11.3 Å². The number of alkyl halides is 3. The number of aromatic nitrogens is 3. The van der Waals surface area contributed by atoms with Crippen LogP contribution in [0.5, 0.6) is 5.75 Å². The Morgan fingerprint density at radius 3 is 2.48 bits per heavy atom. The highest BCUT2D eigenvalue weighted by Crippen LogP contribution is 2.29. The van der Waals surface area contributed by atoms with Gasteiger partial charge in [-0.2, -0.15) is 18.3 Å². The van der Waals surface area contributed by atoms with E-state index < -0.39 is 11.9 Å². The Labute approximate surface area is 129 Å². The fraction of sp³-hybridized carbons (Fsp3) is 0.125. The van der Waals surface area contributed by atoms with Gasteiger partial charge < -0.3 is 4.74 Å². The van der Waals surface area contributed by atoms with Gasteiger partial charge in [0, 0.05) is 17.7 Å². The smallest absolute Gasteiger partial charge is 0.433 e. The molecule has 0 unspecified atom stereocenters. The van der Waals surface area contributed by atoms with Crippen LogP contribution < -0.4 is 4.74 Å². The van der Waals surface area contributed by atoms with Crippen LogP contribution in [0.4, 0.5) is 13.2 Å². The molecule has 0 spiro atoms. The van der Waals surface area contributed by atoms with Crippen molar-refractivity contribution < 1.29 is 17.9 Å². The van der Waals surface area contributed by atoms with Crippen LogP contribution in [0, 0.1) is 11.8 Å². The lowest BCUT2D eigenvalue weighted by Gasteiger charge is -2.08. The number of ether oxygens (including phenoxy) is 1. The molecule has 4 nitrogen and oxygen atoms in total. The molecule has 3 rings (SSSR count). The number of nitrogens with zero attached hydrogens (tertiary/aromatic N) is 3. The van der Waals surface area contributed by atoms with E-state index in [0.717, 1.165) is 10.6 Å². The van der Waals surface area contributed by atoms with Crippen molar-refractivity contribution in [3.05, 3.63) is 59.5 Å². The summed E-state index contributed by atoms with van der Waals surface area (Å²) in [5.41, 5.74) is -0.138.